The number of nitrogens with zero attached hydrogens (tertiary/aromatic N) is 2. The maximum atomic E-state index is 13.5. The van der Waals surface area contributed by atoms with Crippen molar-refractivity contribution in [3.05, 3.63) is 58.0 Å². The molecule has 0 aliphatic carbocycles. The summed E-state index contributed by atoms with van der Waals surface area (Å²) < 4.78 is 94.2. The fraction of sp³-hybridized carbons (Fsp3) is 0.292. The summed E-state index contributed by atoms with van der Waals surface area (Å²) in [6.45, 7) is 1.10. The Bertz CT molecular complexity index is 1330. The summed E-state index contributed by atoms with van der Waals surface area (Å²) in [6, 6.07) is 7.03. The molecule has 0 aromatic heterocycles. The molecule has 0 radical (unpaired) electrons. The van der Waals surface area contributed by atoms with Crippen molar-refractivity contribution in [3.63, 3.8) is 0 Å². The van der Waals surface area contributed by atoms with E-state index in [-0.39, 0.29) is 22.1 Å². The molecule has 1 amide bonds. The number of hydrogen-bond acceptors (Lipinski definition) is 7. The summed E-state index contributed by atoms with van der Waals surface area (Å²) in [5.74, 6) is -2.92. The van der Waals surface area contributed by atoms with Crippen molar-refractivity contribution >= 4 is 28.9 Å². The van der Waals surface area contributed by atoms with Gasteiger partial charge in [-0.3, -0.25) is 9.79 Å². The lowest BCUT2D eigenvalue weighted by molar-refractivity contribution is -0.275. The first kappa shape index (κ1) is 27.3. The molecule has 0 bridgehead atoms. The lowest BCUT2D eigenvalue weighted by Gasteiger charge is -2.18. The first-order valence-corrected chi connectivity index (χ1v) is 11.8. The van der Waals surface area contributed by atoms with Crippen molar-refractivity contribution in [2.24, 2.45) is 4.99 Å². The van der Waals surface area contributed by atoms with E-state index in [4.69, 9.17) is 14.7 Å². The molecule has 38 heavy (non-hydrogen) atoms. The number of nitriles is 1. The number of amidine groups is 1. The van der Waals surface area contributed by atoms with Crippen LogP contribution in [0.1, 0.15) is 29.5 Å². The number of ether oxygens (including phenoxy) is 3. The highest BCUT2D eigenvalue weighted by molar-refractivity contribution is 8.18. The first-order valence-electron chi connectivity index (χ1n) is 11.0. The molecule has 200 valence electrons. The third kappa shape index (κ3) is 6.99. The molecule has 0 spiro atoms. The normalized spacial score (nSPS) is 18.9. The monoisotopic (exact) mass is 557 g/mol. The predicted octanol–water partition coefficient (Wildman–Crippen LogP) is 6.01. The van der Waals surface area contributed by atoms with Crippen LogP contribution >= 0.6 is 11.8 Å². The van der Waals surface area contributed by atoms with Gasteiger partial charge in [-0.15, -0.1) is 13.2 Å². The number of thioether (sulfide) groups is 1. The van der Waals surface area contributed by atoms with Gasteiger partial charge in [0.05, 0.1) is 28.1 Å². The summed E-state index contributed by atoms with van der Waals surface area (Å²) in [6.07, 6.45) is -7.47. The van der Waals surface area contributed by atoms with Gasteiger partial charge in [0.25, 0.3) is 5.91 Å². The van der Waals surface area contributed by atoms with Gasteiger partial charge in [-0.25, -0.2) is 0 Å². The minimum atomic E-state index is -5.19. The quantitative estimate of drug-likeness (QED) is 0.358. The van der Waals surface area contributed by atoms with Crippen LogP contribution in [0.5, 0.6) is 17.2 Å². The molecule has 2 aromatic carbocycles. The van der Waals surface area contributed by atoms with Gasteiger partial charge < -0.3 is 19.5 Å². The maximum absolute atomic E-state index is 13.5. The molecule has 0 saturated carbocycles. The largest absolute Gasteiger partial charge is 0.573 e. The molecule has 2 heterocycles. The number of alkyl halides is 6. The Labute approximate surface area is 216 Å². The van der Waals surface area contributed by atoms with Crippen molar-refractivity contribution in [1.82, 2.24) is 5.32 Å². The van der Waals surface area contributed by atoms with Crippen LogP contribution in [0.15, 0.2) is 46.3 Å². The van der Waals surface area contributed by atoms with Gasteiger partial charge in [-0.05, 0) is 66.6 Å². The van der Waals surface area contributed by atoms with Crippen LogP contribution in [0.2, 0.25) is 0 Å². The van der Waals surface area contributed by atoms with Gasteiger partial charge in [0, 0.05) is 13.2 Å². The molecule has 0 atom stereocenters. The second kappa shape index (κ2) is 11.0. The van der Waals surface area contributed by atoms with Crippen LogP contribution in [0.25, 0.3) is 6.08 Å². The van der Waals surface area contributed by atoms with Crippen LogP contribution in [0, 0.1) is 11.3 Å². The van der Waals surface area contributed by atoms with Gasteiger partial charge in [-0.1, -0.05) is 6.07 Å². The molecule has 0 unspecified atom stereocenters. The summed E-state index contributed by atoms with van der Waals surface area (Å²) in [4.78, 5) is 17.0. The lowest BCUT2D eigenvalue weighted by Crippen LogP contribution is -2.24. The van der Waals surface area contributed by atoms with Gasteiger partial charge >= 0.3 is 12.5 Å². The van der Waals surface area contributed by atoms with Crippen LogP contribution in [0.3, 0.4) is 0 Å². The van der Waals surface area contributed by atoms with Gasteiger partial charge in [0.15, 0.2) is 16.7 Å². The first-order chi connectivity index (χ1) is 17.9. The molecular weight excluding hydrogens is 540 g/mol. The molecule has 2 fully saturated rings. The van der Waals surface area contributed by atoms with Crippen LogP contribution in [-0.4, -0.2) is 36.7 Å². The zero-order valence-electron chi connectivity index (χ0n) is 19.2. The number of hydrogen-bond donors (Lipinski definition) is 1. The highest BCUT2D eigenvalue weighted by atomic mass is 32.2. The van der Waals surface area contributed by atoms with E-state index in [9.17, 15) is 31.1 Å². The second-order valence-electron chi connectivity index (χ2n) is 8.02. The number of carbonyl (C=O) groups excluding carboxylic acids is 1. The lowest BCUT2D eigenvalue weighted by atomic mass is 10.1. The molecule has 2 saturated heterocycles. The zero-order valence-corrected chi connectivity index (χ0v) is 20.0. The molecule has 2 aromatic rings. The van der Waals surface area contributed by atoms with Crippen molar-refractivity contribution in [3.8, 4) is 23.3 Å². The summed E-state index contributed by atoms with van der Waals surface area (Å²) >= 11 is 1.01. The Balaban J connectivity index is 1.63. The Morgan fingerprint density at radius 3 is 2.42 bits per heavy atom. The van der Waals surface area contributed by atoms with E-state index in [0.717, 1.165) is 36.0 Å². The van der Waals surface area contributed by atoms with E-state index in [2.05, 4.69) is 15.0 Å². The molecule has 14 heteroatoms. The molecule has 7 nitrogen and oxygen atoms in total. The number of carbonyl (C=O) groups is 1. The summed E-state index contributed by atoms with van der Waals surface area (Å²) in [5.41, 5.74) is -1.57. The minimum Gasteiger partial charge on any atom is -0.453 e. The van der Waals surface area contributed by atoms with Crippen LogP contribution in [-0.2, 0) is 15.7 Å². The fourth-order valence-corrected chi connectivity index (χ4v) is 4.44. The Morgan fingerprint density at radius 1 is 1.05 bits per heavy atom. The second-order valence-corrected chi connectivity index (χ2v) is 9.05. The highest BCUT2D eigenvalue weighted by Gasteiger charge is 2.36. The van der Waals surface area contributed by atoms with Crippen LogP contribution < -0.4 is 14.8 Å². The van der Waals surface area contributed by atoms with Gasteiger partial charge in [0.1, 0.15) is 5.75 Å². The van der Waals surface area contributed by atoms with Gasteiger partial charge in [-0.2, -0.15) is 18.4 Å². The van der Waals surface area contributed by atoms with E-state index in [1.165, 1.54) is 12.1 Å². The Morgan fingerprint density at radius 2 is 1.76 bits per heavy atom. The number of halogens is 6. The van der Waals surface area contributed by atoms with Gasteiger partial charge in [0.2, 0.25) is 0 Å². The Hall–Kier alpha value is -3.70. The summed E-state index contributed by atoms with van der Waals surface area (Å²) in [5, 5.41) is 11.8. The van der Waals surface area contributed by atoms with E-state index < -0.39 is 41.3 Å². The number of nitrogens with one attached hydrogen (secondary N) is 1. The van der Waals surface area contributed by atoms with E-state index >= 15 is 0 Å². The minimum absolute atomic E-state index is 0.0297. The third-order valence-corrected chi connectivity index (χ3v) is 6.19. The number of rotatable bonds is 5. The topological polar surface area (TPSA) is 92.9 Å². The van der Waals surface area contributed by atoms with E-state index in [1.54, 1.807) is 6.07 Å². The average molecular weight is 557 g/mol. The standard InChI is InChI=1S/C24H17F6N3O4S/c25-23(26,27)16-9-14(12-31)2-3-17(16)36-18-4-1-13(10-19(18)37-24(28,29)30)11-20-21(34)33-22(38-20)32-15-5-7-35-8-6-15/h1-4,9-11,15H,5-8H2,(H,32,33,34). The fourth-order valence-electron chi connectivity index (χ4n) is 3.55. The van der Waals surface area contributed by atoms with Crippen molar-refractivity contribution in [2.75, 3.05) is 13.2 Å². The number of amides is 1. The summed E-state index contributed by atoms with van der Waals surface area (Å²) in [7, 11) is 0. The van der Waals surface area contributed by atoms with Crippen molar-refractivity contribution < 1.29 is 45.3 Å². The molecule has 1 N–H and O–H groups in total. The maximum Gasteiger partial charge on any atom is 0.573 e. The zero-order chi connectivity index (χ0) is 27.5. The molecular formula is C24H17F6N3O4S. The smallest absolute Gasteiger partial charge is 0.453 e. The highest BCUT2D eigenvalue weighted by Crippen LogP contribution is 2.42. The van der Waals surface area contributed by atoms with E-state index in [1.807, 2.05) is 0 Å². The van der Waals surface area contributed by atoms with Crippen molar-refractivity contribution in [1.29, 1.82) is 5.26 Å². The van der Waals surface area contributed by atoms with E-state index in [0.29, 0.717) is 37.3 Å². The predicted molar refractivity (Wildman–Crippen MR) is 124 cm³/mol. The van der Waals surface area contributed by atoms with Crippen molar-refractivity contribution in [2.45, 2.75) is 31.4 Å². The SMILES string of the molecule is N#Cc1ccc(Oc2ccc(C=C3SC(=NC4CCOCC4)NC3=O)cc2OC(F)(F)F)c(C(F)(F)F)c1. The molecule has 2 aliphatic heterocycles. The number of benzene rings is 2. The Kier molecular flexibility index (Phi) is 7.89. The average Bonchev–Trinajstić information content (AvgIpc) is 3.18. The molecule has 4 rings (SSSR count). The number of aliphatic imine (C=N–C) groups is 1. The molecule has 2 aliphatic rings. The van der Waals surface area contributed by atoms with Crippen LogP contribution in [0.4, 0.5) is 26.3 Å². The third-order valence-electron chi connectivity index (χ3n) is 5.27.